The predicted molar refractivity (Wildman–Crippen MR) is 141 cm³/mol. The largest absolute Gasteiger partial charge is 0.395 e. The first-order valence-corrected chi connectivity index (χ1v) is 12.1. The van der Waals surface area contributed by atoms with Gasteiger partial charge in [0.2, 0.25) is 5.95 Å². The first-order valence-electron chi connectivity index (χ1n) is 12.1. The lowest BCUT2D eigenvalue weighted by molar-refractivity contribution is 0.215. The van der Waals surface area contributed by atoms with Crippen molar-refractivity contribution in [3.63, 3.8) is 0 Å². The summed E-state index contributed by atoms with van der Waals surface area (Å²) in [6.45, 7) is 9.84. The van der Waals surface area contributed by atoms with Crippen molar-refractivity contribution >= 4 is 22.7 Å². The Morgan fingerprint density at radius 1 is 1.19 bits per heavy atom. The van der Waals surface area contributed by atoms with Crippen molar-refractivity contribution in [2.75, 3.05) is 25.5 Å². The molecule has 0 radical (unpaired) electrons. The van der Waals surface area contributed by atoms with Gasteiger partial charge in [0, 0.05) is 30.4 Å². The van der Waals surface area contributed by atoms with E-state index in [4.69, 9.17) is 9.97 Å². The maximum Gasteiger partial charge on any atom is 0.278 e. The number of aliphatic hydroxyl groups is 1. The number of hydrogen-bond donors (Lipinski definition) is 2. The molecule has 0 unspecified atom stereocenters. The highest BCUT2D eigenvalue weighted by Gasteiger charge is 2.23. The summed E-state index contributed by atoms with van der Waals surface area (Å²) in [4.78, 5) is 29.5. The maximum absolute atomic E-state index is 13.2. The molecular weight excluding hydrogens is 454 g/mol. The molecule has 2 N–H and O–H groups in total. The summed E-state index contributed by atoms with van der Waals surface area (Å²) in [5.41, 5.74) is 3.95. The second-order valence-corrected chi connectivity index (χ2v) is 9.94. The first kappa shape index (κ1) is 23.9. The quantitative estimate of drug-likeness (QED) is 0.388. The van der Waals surface area contributed by atoms with E-state index in [9.17, 15) is 9.90 Å². The molecule has 1 aliphatic rings. The number of nitrogens with zero attached hydrogens (tertiary/aromatic N) is 6. The molecule has 0 amide bonds. The van der Waals surface area contributed by atoms with E-state index in [1.54, 1.807) is 21.6 Å². The summed E-state index contributed by atoms with van der Waals surface area (Å²) < 4.78 is 3.24. The smallest absolute Gasteiger partial charge is 0.278 e. The van der Waals surface area contributed by atoms with Crippen LogP contribution in [0, 0.1) is 0 Å². The van der Waals surface area contributed by atoms with E-state index in [1.807, 2.05) is 38.1 Å². The number of anilines is 2. The maximum atomic E-state index is 13.2. The summed E-state index contributed by atoms with van der Waals surface area (Å²) in [7, 11) is 2.12. The van der Waals surface area contributed by atoms with Gasteiger partial charge >= 0.3 is 0 Å². The number of aliphatic hydroxyl groups excluding tert-OH is 1. The zero-order chi connectivity index (χ0) is 25.4. The van der Waals surface area contributed by atoms with E-state index in [1.165, 1.54) is 11.1 Å². The number of fused-ring (bicyclic) bond motifs is 2. The molecule has 36 heavy (non-hydrogen) atoms. The lowest BCUT2D eigenvalue weighted by atomic mass is 9.90. The molecule has 0 fully saturated rings. The van der Waals surface area contributed by atoms with Crippen molar-refractivity contribution < 1.29 is 5.11 Å². The Morgan fingerprint density at radius 3 is 2.81 bits per heavy atom. The zero-order valence-corrected chi connectivity index (χ0v) is 20.9. The fourth-order valence-electron chi connectivity index (χ4n) is 4.51. The minimum Gasteiger partial charge on any atom is -0.395 e. The van der Waals surface area contributed by atoms with Crippen LogP contribution in [0.15, 0.2) is 60.0 Å². The van der Waals surface area contributed by atoms with Crippen LogP contribution >= 0.6 is 0 Å². The third-order valence-electron chi connectivity index (χ3n) is 6.68. The normalized spacial score (nSPS) is 14.1. The Bertz CT molecular complexity index is 1500. The second-order valence-electron chi connectivity index (χ2n) is 9.94. The van der Waals surface area contributed by atoms with Gasteiger partial charge in [-0.15, -0.1) is 6.58 Å². The summed E-state index contributed by atoms with van der Waals surface area (Å²) in [6, 6.07) is 11.9. The third-order valence-corrected chi connectivity index (χ3v) is 6.68. The van der Waals surface area contributed by atoms with Crippen molar-refractivity contribution in [3.8, 4) is 5.82 Å². The number of rotatable bonds is 7. The Kier molecular flexibility index (Phi) is 6.19. The average Bonchev–Trinajstić information content (AvgIpc) is 3.14. The van der Waals surface area contributed by atoms with Crippen molar-refractivity contribution in [1.29, 1.82) is 0 Å². The summed E-state index contributed by atoms with van der Waals surface area (Å²) in [5, 5.41) is 13.5. The fourth-order valence-corrected chi connectivity index (χ4v) is 4.51. The van der Waals surface area contributed by atoms with Crippen LogP contribution in [0.1, 0.15) is 30.7 Å². The monoisotopic (exact) mass is 485 g/mol. The number of nitrogens with one attached hydrogen (secondary N) is 1. The minimum absolute atomic E-state index is 0.0534. The fraction of sp³-hybridized carbons (Fsp3) is 0.333. The van der Waals surface area contributed by atoms with Crippen LogP contribution in [0.25, 0.3) is 16.9 Å². The molecule has 186 valence electrons. The SMILES string of the molecule is C=CCn1c(=O)c2cnc(Nc3ccc4c(c3)CN(C)CC4)nc2n1-c1cccc(C(C)(C)CO)n1. The zero-order valence-electron chi connectivity index (χ0n) is 20.9. The van der Waals surface area contributed by atoms with Gasteiger partial charge in [0.25, 0.3) is 5.56 Å². The highest BCUT2D eigenvalue weighted by Crippen LogP contribution is 2.25. The molecule has 0 atom stereocenters. The average molecular weight is 486 g/mol. The molecule has 3 aromatic heterocycles. The Balaban J connectivity index is 1.60. The molecular formula is C27H31N7O2. The van der Waals surface area contributed by atoms with E-state index in [0.29, 0.717) is 28.5 Å². The minimum atomic E-state index is -0.537. The first-order chi connectivity index (χ1) is 17.3. The van der Waals surface area contributed by atoms with Gasteiger partial charge in [-0.05, 0) is 48.9 Å². The van der Waals surface area contributed by atoms with Crippen LogP contribution in [-0.4, -0.2) is 54.5 Å². The molecule has 1 aromatic carbocycles. The Hall–Kier alpha value is -3.82. The standard InChI is InChI=1S/C27H31N7O2/c1-5-12-33-25(36)21-15-28-26(29-20-10-9-18-11-13-32(4)16-19(18)14-20)31-24(21)34(33)23-8-6-7-22(30-23)27(2,3)17-35/h5-10,14-15,35H,1,11-13,16-17H2,2-4H3,(H,28,29,31). The van der Waals surface area contributed by atoms with Gasteiger partial charge in [-0.1, -0.05) is 32.1 Å². The summed E-state index contributed by atoms with van der Waals surface area (Å²) in [6.07, 6.45) is 4.25. The van der Waals surface area contributed by atoms with E-state index >= 15 is 0 Å². The van der Waals surface area contributed by atoms with Gasteiger partial charge in [0.15, 0.2) is 11.5 Å². The van der Waals surface area contributed by atoms with Crippen molar-refractivity contribution in [2.45, 2.75) is 38.8 Å². The van der Waals surface area contributed by atoms with Crippen LogP contribution in [0.3, 0.4) is 0 Å². The molecule has 4 aromatic rings. The molecule has 0 saturated carbocycles. The molecule has 0 aliphatic carbocycles. The van der Waals surface area contributed by atoms with Crippen molar-refractivity contribution in [3.05, 3.63) is 82.4 Å². The molecule has 0 saturated heterocycles. The number of benzene rings is 1. The molecule has 9 heteroatoms. The topological polar surface area (TPSA) is 101 Å². The second kappa shape index (κ2) is 9.33. The molecule has 4 heterocycles. The molecule has 1 aliphatic heterocycles. The molecule has 5 rings (SSSR count). The van der Waals surface area contributed by atoms with Gasteiger partial charge in [-0.25, -0.2) is 19.3 Å². The van der Waals surface area contributed by atoms with Crippen molar-refractivity contribution in [1.82, 2.24) is 29.2 Å². The van der Waals surface area contributed by atoms with Crippen LogP contribution in [0.5, 0.6) is 0 Å². The highest BCUT2D eigenvalue weighted by atomic mass is 16.3. The van der Waals surface area contributed by atoms with Crippen LogP contribution < -0.4 is 10.9 Å². The van der Waals surface area contributed by atoms with Crippen LogP contribution in [-0.2, 0) is 24.9 Å². The predicted octanol–water partition coefficient (Wildman–Crippen LogP) is 3.16. The van der Waals surface area contributed by atoms with Crippen molar-refractivity contribution in [2.24, 2.45) is 0 Å². The van der Waals surface area contributed by atoms with Gasteiger partial charge in [0.1, 0.15) is 5.39 Å². The van der Waals surface area contributed by atoms with E-state index in [2.05, 4.69) is 41.0 Å². The lowest BCUT2D eigenvalue weighted by Crippen LogP contribution is -2.26. The summed E-state index contributed by atoms with van der Waals surface area (Å²) >= 11 is 0. The summed E-state index contributed by atoms with van der Waals surface area (Å²) in [5.74, 6) is 0.924. The Morgan fingerprint density at radius 2 is 2.03 bits per heavy atom. The molecule has 0 bridgehead atoms. The number of likely N-dealkylation sites (N-methyl/N-ethyl adjacent to an activating group) is 1. The van der Waals surface area contributed by atoms with Gasteiger partial charge in [-0.3, -0.25) is 4.79 Å². The lowest BCUT2D eigenvalue weighted by Gasteiger charge is -2.25. The number of pyridine rings is 1. The highest BCUT2D eigenvalue weighted by molar-refractivity contribution is 5.77. The van der Waals surface area contributed by atoms with E-state index in [0.717, 1.165) is 25.2 Å². The van der Waals surface area contributed by atoms with E-state index in [-0.39, 0.29) is 18.7 Å². The Labute approximate surface area is 209 Å². The third kappa shape index (κ3) is 4.31. The number of hydrogen-bond acceptors (Lipinski definition) is 7. The molecule has 9 nitrogen and oxygen atoms in total. The van der Waals surface area contributed by atoms with Gasteiger partial charge in [-0.2, -0.15) is 4.98 Å². The molecule has 0 spiro atoms. The van der Waals surface area contributed by atoms with Crippen LogP contribution in [0.2, 0.25) is 0 Å². The number of aromatic nitrogens is 5. The van der Waals surface area contributed by atoms with Crippen LogP contribution in [0.4, 0.5) is 11.6 Å². The van der Waals surface area contributed by atoms with Gasteiger partial charge < -0.3 is 15.3 Å². The van der Waals surface area contributed by atoms with Gasteiger partial charge in [0.05, 0.1) is 18.8 Å². The van der Waals surface area contributed by atoms with E-state index < -0.39 is 5.41 Å². The number of allylic oxidation sites excluding steroid dienone is 1.